The summed E-state index contributed by atoms with van der Waals surface area (Å²) >= 11 is 1.83. The highest BCUT2D eigenvalue weighted by molar-refractivity contribution is 7.12. The first-order chi connectivity index (χ1) is 19.3. The Bertz CT molecular complexity index is 1690. The van der Waals surface area contributed by atoms with Gasteiger partial charge in [-0.2, -0.15) is 0 Å². The van der Waals surface area contributed by atoms with Crippen LogP contribution in [0.25, 0.3) is 22.3 Å². The standard InChI is InChI=1S/C35H29NO2S/c1-37-30-19-25-22-36(21-23-11-5-3-6-12-23)34(24-13-7-4-8-14-24)32(29(25)20-31(30)38-2)33-27-16-10-9-15-26(27)28-17-18-39-35(28)33/h3-20,34H,21-22H2,1-2H3/b33-32+. The minimum atomic E-state index is 0.0631. The summed E-state index contributed by atoms with van der Waals surface area (Å²) < 4.78 is 11.6. The number of thiophene rings is 1. The predicted molar refractivity (Wildman–Crippen MR) is 160 cm³/mol. The summed E-state index contributed by atoms with van der Waals surface area (Å²) in [6.45, 7) is 1.64. The van der Waals surface area contributed by atoms with E-state index in [-0.39, 0.29) is 6.04 Å². The van der Waals surface area contributed by atoms with Crippen molar-refractivity contribution in [2.75, 3.05) is 14.2 Å². The highest BCUT2D eigenvalue weighted by Crippen LogP contribution is 2.56. The molecule has 39 heavy (non-hydrogen) atoms. The lowest BCUT2D eigenvalue weighted by Gasteiger charge is -2.40. The fraction of sp³-hybridized carbons (Fsp3) is 0.143. The summed E-state index contributed by atoms with van der Waals surface area (Å²) in [5, 5.41) is 2.22. The molecule has 1 atom stereocenters. The molecule has 0 N–H and O–H groups in total. The molecule has 0 amide bonds. The Kier molecular flexibility index (Phi) is 6.07. The summed E-state index contributed by atoms with van der Waals surface area (Å²) in [4.78, 5) is 3.95. The van der Waals surface area contributed by atoms with E-state index >= 15 is 0 Å². The molecule has 3 nitrogen and oxygen atoms in total. The van der Waals surface area contributed by atoms with Crippen LogP contribution < -0.4 is 9.47 Å². The summed E-state index contributed by atoms with van der Waals surface area (Å²) in [5.41, 5.74) is 11.7. The third-order valence-electron chi connectivity index (χ3n) is 7.90. The van der Waals surface area contributed by atoms with Gasteiger partial charge in [0.1, 0.15) is 0 Å². The number of fused-ring (bicyclic) bond motifs is 4. The van der Waals surface area contributed by atoms with Gasteiger partial charge in [0.25, 0.3) is 0 Å². The van der Waals surface area contributed by atoms with E-state index in [9.17, 15) is 0 Å². The van der Waals surface area contributed by atoms with Crippen LogP contribution in [0.1, 0.15) is 38.7 Å². The molecular weight excluding hydrogens is 498 g/mol. The van der Waals surface area contributed by atoms with Crippen LogP contribution in [-0.2, 0) is 13.1 Å². The van der Waals surface area contributed by atoms with Crippen molar-refractivity contribution in [1.82, 2.24) is 4.90 Å². The summed E-state index contributed by atoms with van der Waals surface area (Å²) in [7, 11) is 3.44. The quantitative estimate of drug-likeness (QED) is 0.224. The third kappa shape index (κ3) is 3.99. The minimum Gasteiger partial charge on any atom is -0.493 e. The first-order valence-electron chi connectivity index (χ1n) is 13.3. The first-order valence-corrected chi connectivity index (χ1v) is 14.1. The van der Waals surface area contributed by atoms with E-state index in [0.29, 0.717) is 0 Å². The van der Waals surface area contributed by atoms with Gasteiger partial charge in [-0.3, -0.25) is 4.90 Å². The normalized spacial score (nSPS) is 17.8. The van der Waals surface area contributed by atoms with E-state index < -0.39 is 0 Å². The molecule has 0 saturated heterocycles. The summed E-state index contributed by atoms with van der Waals surface area (Å²) in [6, 6.07) is 37.3. The van der Waals surface area contributed by atoms with Gasteiger partial charge in [0.05, 0.1) is 20.3 Å². The Morgan fingerprint density at radius 1 is 0.718 bits per heavy atom. The van der Waals surface area contributed by atoms with Crippen LogP contribution in [0.5, 0.6) is 11.5 Å². The van der Waals surface area contributed by atoms with Crippen LogP contribution >= 0.6 is 11.3 Å². The van der Waals surface area contributed by atoms with Gasteiger partial charge in [-0.15, -0.1) is 11.3 Å². The lowest BCUT2D eigenvalue weighted by molar-refractivity contribution is 0.211. The van der Waals surface area contributed by atoms with Crippen molar-refractivity contribution in [1.29, 1.82) is 0 Å². The smallest absolute Gasteiger partial charge is 0.161 e. The largest absolute Gasteiger partial charge is 0.493 e. The number of hydrogen-bond acceptors (Lipinski definition) is 4. The molecule has 0 spiro atoms. The fourth-order valence-electron chi connectivity index (χ4n) is 6.23. The van der Waals surface area contributed by atoms with Crippen LogP contribution in [-0.4, -0.2) is 19.1 Å². The number of ether oxygens (including phenoxy) is 2. The van der Waals surface area contributed by atoms with Gasteiger partial charge < -0.3 is 9.47 Å². The SMILES string of the molecule is COc1cc2c(cc1OC)/C(=C1/c3ccccc3-c3ccsc31)C(c1ccccc1)N(Cc1ccccc1)C2. The average Bonchev–Trinajstić information content (AvgIpc) is 3.58. The first kappa shape index (κ1) is 24.0. The topological polar surface area (TPSA) is 21.7 Å². The van der Waals surface area contributed by atoms with E-state index in [2.05, 4.69) is 113 Å². The molecule has 0 bridgehead atoms. The third-order valence-corrected chi connectivity index (χ3v) is 8.84. The maximum Gasteiger partial charge on any atom is 0.161 e. The minimum absolute atomic E-state index is 0.0631. The second kappa shape index (κ2) is 9.88. The van der Waals surface area contributed by atoms with Gasteiger partial charge >= 0.3 is 0 Å². The average molecular weight is 528 g/mol. The molecule has 4 aromatic carbocycles. The zero-order valence-electron chi connectivity index (χ0n) is 22.1. The van der Waals surface area contributed by atoms with Crippen LogP contribution in [0.4, 0.5) is 0 Å². The van der Waals surface area contributed by atoms with Crippen LogP contribution in [0.2, 0.25) is 0 Å². The van der Waals surface area contributed by atoms with Crippen molar-refractivity contribution in [3.05, 3.63) is 141 Å². The summed E-state index contributed by atoms with van der Waals surface area (Å²) in [5.74, 6) is 1.53. The van der Waals surface area contributed by atoms with Crippen molar-refractivity contribution in [3.8, 4) is 22.6 Å². The Morgan fingerprint density at radius 2 is 1.38 bits per heavy atom. The maximum absolute atomic E-state index is 5.84. The molecule has 2 heterocycles. The number of hydrogen-bond donors (Lipinski definition) is 0. The van der Waals surface area contributed by atoms with E-state index in [0.717, 1.165) is 24.6 Å². The molecule has 1 aliphatic heterocycles. The molecular formula is C35H29NO2S. The molecule has 0 radical (unpaired) electrons. The molecule has 2 aliphatic rings. The van der Waals surface area contributed by atoms with Gasteiger partial charge in [0.2, 0.25) is 0 Å². The van der Waals surface area contributed by atoms with E-state index in [4.69, 9.17) is 9.47 Å². The second-order valence-corrected chi connectivity index (χ2v) is 11.0. The Labute approximate surface area is 233 Å². The summed E-state index contributed by atoms with van der Waals surface area (Å²) in [6.07, 6.45) is 0. The van der Waals surface area contributed by atoms with Crippen molar-refractivity contribution in [2.45, 2.75) is 19.1 Å². The molecule has 0 saturated carbocycles. The lowest BCUT2D eigenvalue weighted by Crippen LogP contribution is -2.33. The number of rotatable bonds is 5. The Hall–Kier alpha value is -4.12. The molecule has 192 valence electrons. The zero-order valence-corrected chi connectivity index (χ0v) is 22.9. The van der Waals surface area contributed by atoms with Crippen LogP contribution in [0.3, 0.4) is 0 Å². The van der Waals surface area contributed by atoms with Gasteiger partial charge in [-0.25, -0.2) is 0 Å². The van der Waals surface area contributed by atoms with Gasteiger partial charge in [0, 0.05) is 29.1 Å². The highest BCUT2D eigenvalue weighted by atomic mass is 32.1. The monoisotopic (exact) mass is 527 g/mol. The number of benzene rings is 4. The fourth-order valence-corrected chi connectivity index (χ4v) is 7.22. The Morgan fingerprint density at radius 3 is 2.13 bits per heavy atom. The highest BCUT2D eigenvalue weighted by Gasteiger charge is 2.38. The number of nitrogens with zero attached hydrogens (tertiary/aromatic N) is 1. The van der Waals surface area contributed by atoms with Gasteiger partial charge in [-0.05, 0) is 62.5 Å². The molecule has 0 fully saturated rings. The maximum atomic E-state index is 5.84. The van der Waals surface area contributed by atoms with Crippen molar-refractivity contribution in [3.63, 3.8) is 0 Å². The number of methoxy groups -OCH3 is 2. The predicted octanol–water partition coefficient (Wildman–Crippen LogP) is 8.46. The van der Waals surface area contributed by atoms with E-state index in [1.807, 2.05) is 11.3 Å². The second-order valence-electron chi connectivity index (χ2n) is 10.1. The van der Waals surface area contributed by atoms with Gasteiger partial charge in [-0.1, -0.05) is 84.9 Å². The molecule has 1 unspecified atom stereocenters. The van der Waals surface area contributed by atoms with Crippen molar-refractivity contribution < 1.29 is 9.47 Å². The molecule has 4 heteroatoms. The van der Waals surface area contributed by atoms with Crippen LogP contribution in [0, 0.1) is 0 Å². The lowest BCUT2D eigenvalue weighted by atomic mass is 9.80. The Balaban J connectivity index is 1.56. The zero-order chi connectivity index (χ0) is 26.3. The molecule has 1 aromatic heterocycles. The van der Waals surface area contributed by atoms with Crippen LogP contribution in [0.15, 0.2) is 109 Å². The van der Waals surface area contributed by atoms with E-state index in [1.54, 1.807) is 14.2 Å². The van der Waals surface area contributed by atoms with Crippen molar-refractivity contribution >= 4 is 22.5 Å². The molecule has 7 rings (SSSR count). The van der Waals surface area contributed by atoms with Gasteiger partial charge in [0.15, 0.2) is 11.5 Å². The molecule has 5 aromatic rings. The molecule has 1 aliphatic carbocycles. The van der Waals surface area contributed by atoms with E-state index in [1.165, 1.54) is 55.0 Å². The van der Waals surface area contributed by atoms with Crippen molar-refractivity contribution in [2.24, 2.45) is 0 Å².